The molecule has 1 aliphatic carbocycles. The molecule has 0 saturated carbocycles. The highest BCUT2D eigenvalue weighted by Gasteiger charge is 2.80. The van der Waals surface area contributed by atoms with Crippen molar-refractivity contribution in [1.82, 2.24) is 0 Å². The van der Waals surface area contributed by atoms with Gasteiger partial charge in [-0.1, -0.05) is 12.1 Å². The smallest absolute Gasteiger partial charge is 0.221 e. The third-order valence-corrected chi connectivity index (χ3v) is 3.96. The van der Waals surface area contributed by atoms with Crippen molar-refractivity contribution in [1.29, 1.82) is 0 Å². The van der Waals surface area contributed by atoms with Crippen molar-refractivity contribution in [3.8, 4) is 5.75 Å². The number of ketones is 2. The predicted molar refractivity (Wildman–Crippen MR) is 60.3 cm³/mol. The van der Waals surface area contributed by atoms with Crippen LogP contribution >= 0.6 is 0 Å². The number of aromatic hydroxyl groups is 1. The van der Waals surface area contributed by atoms with Gasteiger partial charge in [-0.3, -0.25) is 9.59 Å². The summed E-state index contributed by atoms with van der Waals surface area (Å²) in [6.07, 6.45) is -1.11. The van der Waals surface area contributed by atoms with Gasteiger partial charge in [0.1, 0.15) is 17.5 Å². The second-order valence-electron chi connectivity index (χ2n) is 4.92. The number of carbonyl (C=O) groups excluding carboxylic acids is 2. The minimum atomic E-state index is -1.64. The van der Waals surface area contributed by atoms with E-state index in [1.165, 1.54) is 26.0 Å². The average Bonchev–Trinajstić information content (AvgIpc) is 2.96. The van der Waals surface area contributed by atoms with Gasteiger partial charge < -0.3 is 14.9 Å². The molecule has 3 rings (SSSR count). The van der Waals surface area contributed by atoms with Crippen molar-refractivity contribution in [2.75, 3.05) is 0 Å². The van der Waals surface area contributed by atoms with Crippen molar-refractivity contribution in [2.45, 2.75) is 31.2 Å². The van der Waals surface area contributed by atoms with Crippen LogP contribution in [0.4, 0.5) is 0 Å². The number of phenols is 1. The van der Waals surface area contributed by atoms with E-state index in [0.29, 0.717) is 5.56 Å². The van der Waals surface area contributed by atoms with E-state index in [1.807, 2.05) is 0 Å². The van der Waals surface area contributed by atoms with Gasteiger partial charge in [0, 0.05) is 0 Å². The maximum absolute atomic E-state index is 12.4. The lowest BCUT2D eigenvalue weighted by atomic mass is 9.72. The number of rotatable bonds is 1. The summed E-state index contributed by atoms with van der Waals surface area (Å²) < 4.78 is 5.32. The third-order valence-electron chi connectivity index (χ3n) is 3.96. The van der Waals surface area contributed by atoms with Crippen LogP contribution in [0.15, 0.2) is 18.2 Å². The minimum absolute atomic E-state index is 0.0184. The molecule has 0 radical (unpaired) electrons. The molecule has 0 aromatic heterocycles. The number of hydrogen-bond acceptors (Lipinski definition) is 5. The molecule has 0 unspecified atom stereocenters. The average molecular weight is 248 g/mol. The third kappa shape index (κ3) is 0.958. The lowest BCUT2D eigenvalue weighted by Crippen LogP contribution is -2.46. The number of fused-ring (bicyclic) bond motifs is 2. The molecule has 1 saturated heterocycles. The Kier molecular flexibility index (Phi) is 1.89. The molecular weight excluding hydrogens is 236 g/mol. The van der Waals surface area contributed by atoms with Gasteiger partial charge in [-0.15, -0.1) is 0 Å². The van der Waals surface area contributed by atoms with Crippen molar-refractivity contribution in [3.05, 3.63) is 29.3 Å². The molecule has 2 N–H and O–H groups in total. The Balaban J connectivity index is 2.30. The van der Waals surface area contributed by atoms with Gasteiger partial charge in [0.05, 0.1) is 5.56 Å². The standard InChI is InChI=1S/C13H12O5/c1-6(14)13-11(17)9-7(4-3-5-8(9)15)10(16)12(13,2)18-13/h3-5,10,15-16H,1-2H3/t10-,12+,13-/m0/s1. The number of Topliss-reactive ketones (excluding diaryl/α,β-unsaturated/α-hetero) is 2. The Hall–Kier alpha value is -1.72. The number of aliphatic hydroxyl groups excluding tert-OH is 1. The van der Waals surface area contributed by atoms with E-state index in [-0.39, 0.29) is 11.3 Å². The molecule has 0 amide bonds. The molecule has 0 spiro atoms. The summed E-state index contributed by atoms with van der Waals surface area (Å²) in [5, 5.41) is 20.0. The summed E-state index contributed by atoms with van der Waals surface area (Å²) in [7, 11) is 0. The number of hydrogen-bond donors (Lipinski definition) is 2. The van der Waals surface area contributed by atoms with Crippen LogP contribution in [0.2, 0.25) is 0 Å². The number of ether oxygens (including phenoxy) is 1. The van der Waals surface area contributed by atoms with Gasteiger partial charge in [0.15, 0.2) is 5.78 Å². The second kappa shape index (κ2) is 2.99. The van der Waals surface area contributed by atoms with Gasteiger partial charge >= 0.3 is 0 Å². The normalized spacial score (nSPS) is 36.8. The molecule has 94 valence electrons. The van der Waals surface area contributed by atoms with E-state index < -0.39 is 28.9 Å². The molecule has 3 atom stereocenters. The van der Waals surface area contributed by atoms with Crippen LogP contribution in [0.25, 0.3) is 0 Å². The highest BCUT2D eigenvalue weighted by Crippen LogP contribution is 2.61. The van der Waals surface area contributed by atoms with Crippen LogP contribution in [-0.2, 0) is 9.53 Å². The fraction of sp³-hybridized carbons (Fsp3) is 0.385. The van der Waals surface area contributed by atoms with Gasteiger partial charge in [0.2, 0.25) is 11.4 Å². The largest absolute Gasteiger partial charge is 0.507 e. The van der Waals surface area contributed by atoms with Gasteiger partial charge in [-0.2, -0.15) is 0 Å². The van der Waals surface area contributed by atoms with Crippen LogP contribution in [0, 0.1) is 0 Å². The molecule has 18 heavy (non-hydrogen) atoms. The molecule has 2 aliphatic rings. The van der Waals surface area contributed by atoms with Crippen LogP contribution in [0.1, 0.15) is 35.9 Å². The fourth-order valence-corrected chi connectivity index (χ4v) is 2.90. The van der Waals surface area contributed by atoms with Crippen molar-refractivity contribution >= 4 is 11.6 Å². The highest BCUT2D eigenvalue weighted by molar-refractivity contribution is 6.23. The maximum Gasteiger partial charge on any atom is 0.221 e. The zero-order valence-electron chi connectivity index (χ0n) is 9.93. The van der Waals surface area contributed by atoms with E-state index in [4.69, 9.17) is 4.74 Å². The highest BCUT2D eigenvalue weighted by atomic mass is 16.7. The Bertz CT molecular complexity index is 593. The molecule has 5 heteroatoms. The van der Waals surface area contributed by atoms with E-state index in [2.05, 4.69) is 0 Å². The summed E-state index contributed by atoms with van der Waals surface area (Å²) in [5.41, 5.74) is -2.58. The summed E-state index contributed by atoms with van der Waals surface area (Å²) in [6.45, 7) is 2.78. The van der Waals surface area contributed by atoms with Crippen LogP contribution in [0.5, 0.6) is 5.75 Å². The zero-order valence-corrected chi connectivity index (χ0v) is 9.93. The molecule has 1 aromatic carbocycles. The lowest BCUT2D eigenvalue weighted by Gasteiger charge is -2.27. The molecule has 5 nitrogen and oxygen atoms in total. The Morgan fingerprint density at radius 2 is 2.11 bits per heavy atom. The SMILES string of the molecule is CC(=O)[C@@]12O[C@]1(C)[C@@H](O)c1cccc(O)c1C2=O. The molecule has 1 fully saturated rings. The Morgan fingerprint density at radius 1 is 1.44 bits per heavy atom. The van der Waals surface area contributed by atoms with E-state index >= 15 is 0 Å². The number of carbonyl (C=O) groups is 2. The van der Waals surface area contributed by atoms with Gasteiger partial charge in [0.25, 0.3) is 0 Å². The van der Waals surface area contributed by atoms with Crippen molar-refractivity contribution < 1.29 is 24.5 Å². The number of epoxide rings is 1. The van der Waals surface area contributed by atoms with Gasteiger partial charge in [-0.25, -0.2) is 0 Å². The second-order valence-corrected chi connectivity index (χ2v) is 4.92. The first-order valence-corrected chi connectivity index (χ1v) is 5.62. The topological polar surface area (TPSA) is 87.1 Å². The van der Waals surface area contributed by atoms with Crippen LogP contribution in [-0.4, -0.2) is 33.0 Å². The monoisotopic (exact) mass is 248 g/mol. The Labute approximate surface area is 103 Å². The van der Waals surface area contributed by atoms with E-state index in [9.17, 15) is 19.8 Å². The van der Waals surface area contributed by atoms with Crippen LogP contribution < -0.4 is 0 Å². The molecule has 1 aliphatic heterocycles. The van der Waals surface area contributed by atoms with Crippen molar-refractivity contribution in [2.24, 2.45) is 0 Å². The van der Waals surface area contributed by atoms with Crippen molar-refractivity contribution in [3.63, 3.8) is 0 Å². The van der Waals surface area contributed by atoms with Gasteiger partial charge in [-0.05, 0) is 25.5 Å². The quantitative estimate of drug-likeness (QED) is 0.565. The summed E-state index contributed by atoms with van der Waals surface area (Å²) in [5.74, 6) is -1.27. The summed E-state index contributed by atoms with van der Waals surface area (Å²) in [4.78, 5) is 24.1. The number of aliphatic hydroxyl groups is 1. The molecule has 1 heterocycles. The van der Waals surface area contributed by atoms with Crippen LogP contribution in [0.3, 0.4) is 0 Å². The summed E-state index contributed by atoms with van der Waals surface area (Å²) in [6, 6.07) is 4.44. The predicted octanol–water partition coefficient (Wildman–Crippen LogP) is 0.739. The lowest BCUT2D eigenvalue weighted by molar-refractivity contribution is -0.120. The molecule has 0 bridgehead atoms. The first kappa shape index (κ1) is 11.4. The number of phenolic OH excluding ortho intramolecular Hbond substituents is 1. The Morgan fingerprint density at radius 3 is 2.72 bits per heavy atom. The molecule has 1 aromatic rings. The fourth-order valence-electron chi connectivity index (χ4n) is 2.90. The minimum Gasteiger partial charge on any atom is -0.507 e. The first-order chi connectivity index (χ1) is 8.36. The summed E-state index contributed by atoms with van der Waals surface area (Å²) >= 11 is 0. The number of benzene rings is 1. The first-order valence-electron chi connectivity index (χ1n) is 5.62. The van der Waals surface area contributed by atoms with E-state index in [1.54, 1.807) is 6.07 Å². The molecular formula is C13H12O5. The van der Waals surface area contributed by atoms with E-state index in [0.717, 1.165) is 0 Å². The zero-order chi connectivity index (χ0) is 13.3. The maximum atomic E-state index is 12.4.